The van der Waals surface area contributed by atoms with Gasteiger partial charge in [-0.3, -0.25) is 4.79 Å². The number of nitrogens with zero attached hydrogens (tertiary/aromatic N) is 1. The van der Waals surface area contributed by atoms with Crippen molar-refractivity contribution in [1.82, 2.24) is 15.6 Å². The molecule has 7 nitrogen and oxygen atoms in total. The lowest BCUT2D eigenvalue weighted by atomic mass is 9.86. The Morgan fingerprint density at radius 2 is 2.05 bits per heavy atom. The van der Waals surface area contributed by atoms with Gasteiger partial charge >= 0.3 is 12.0 Å². The molecule has 0 aromatic carbocycles. The first-order valence-corrected chi connectivity index (χ1v) is 7.35. The maximum Gasteiger partial charge on any atom is 0.315 e. The molecule has 3 N–H and O–H groups in total. The molecule has 1 aliphatic rings. The lowest BCUT2D eigenvalue weighted by molar-refractivity contribution is -0.142. The molecule has 1 fully saturated rings. The second kappa shape index (κ2) is 7.63. The van der Waals surface area contributed by atoms with Crippen molar-refractivity contribution in [2.75, 3.05) is 7.11 Å². The fraction of sp³-hybridized carbons (Fsp3) is 0.533. The van der Waals surface area contributed by atoms with E-state index in [0.717, 1.165) is 0 Å². The smallest absolute Gasteiger partial charge is 0.315 e. The largest absolute Gasteiger partial charge is 0.481 e. The highest BCUT2D eigenvalue weighted by Gasteiger charge is 2.26. The van der Waals surface area contributed by atoms with E-state index in [1.807, 2.05) is 6.07 Å². The summed E-state index contributed by atoms with van der Waals surface area (Å²) in [5, 5.41) is 14.6. The Bertz CT molecular complexity index is 527. The minimum Gasteiger partial charge on any atom is -0.481 e. The number of carbonyl (C=O) groups is 2. The Kier molecular flexibility index (Phi) is 5.57. The molecule has 1 aliphatic carbocycles. The monoisotopic (exact) mass is 307 g/mol. The second-order valence-corrected chi connectivity index (χ2v) is 5.39. The van der Waals surface area contributed by atoms with Gasteiger partial charge in [0.2, 0.25) is 5.88 Å². The van der Waals surface area contributed by atoms with Crippen LogP contribution in [-0.4, -0.2) is 35.2 Å². The van der Waals surface area contributed by atoms with Crippen LogP contribution in [0.2, 0.25) is 0 Å². The Labute approximate surface area is 129 Å². The number of carboxylic acid groups (broad SMARTS) is 1. The van der Waals surface area contributed by atoms with Crippen molar-refractivity contribution in [3.8, 4) is 5.88 Å². The number of urea groups is 1. The number of ether oxygens (including phenoxy) is 1. The number of carboxylic acids is 1. The zero-order chi connectivity index (χ0) is 15.9. The summed E-state index contributed by atoms with van der Waals surface area (Å²) >= 11 is 0. The summed E-state index contributed by atoms with van der Waals surface area (Å²) in [6.45, 7) is 0.313. The third kappa shape index (κ3) is 4.61. The average molecular weight is 307 g/mol. The zero-order valence-electron chi connectivity index (χ0n) is 12.5. The summed E-state index contributed by atoms with van der Waals surface area (Å²) in [6, 6.07) is 5.14. The summed E-state index contributed by atoms with van der Waals surface area (Å²) in [6.07, 6.45) is 2.61. The van der Waals surface area contributed by atoms with Crippen LogP contribution in [0.1, 0.15) is 31.4 Å². The van der Waals surface area contributed by atoms with E-state index in [1.165, 1.54) is 0 Å². The SMILES string of the molecule is COc1cccc(CNC(=O)NC2CCC(C(=O)O)CC2)n1. The maximum atomic E-state index is 11.9. The van der Waals surface area contributed by atoms with Gasteiger partial charge in [-0.2, -0.15) is 0 Å². The number of aromatic nitrogens is 1. The number of pyridine rings is 1. The van der Waals surface area contributed by atoms with Crippen LogP contribution in [0.25, 0.3) is 0 Å². The number of hydrogen-bond donors (Lipinski definition) is 3. The first kappa shape index (κ1) is 16.1. The van der Waals surface area contributed by atoms with Crippen LogP contribution in [0.5, 0.6) is 5.88 Å². The quantitative estimate of drug-likeness (QED) is 0.766. The molecule has 7 heteroatoms. The van der Waals surface area contributed by atoms with Crippen molar-refractivity contribution in [3.05, 3.63) is 23.9 Å². The van der Waals surface area contributed by atoms with Crippen molar-refractivity contribution < 1.29 is 19.4 Å². The van der Waals surface area contributed by atoms with Gasteiger partial charge in [0, 0.05) is 12.1 Å². The van der Waals surface area contributed by atoms with Gasteiger partial charge in [0.1, 0.15) is 0 Å². The van der Waals surface area contributed by atoms with Crippen molar-refractivity contribution in [3.63, 3.8) is 0 Å². The van der Waals surface area contributed by atoms with Crippen LogP contribution in [0.15, 0.2) is 18.2 Å². The highest BCUT2D eigenvalue weighted by molar-refractivity contribution is 5.74. The number of methoxy groups -OCH3 is 1. The predicted octanol–water partition coefficient (Wildman–Crippen LogP) is 1.53. The van der Waals surface area contributed by atoms with Gasteiger partial charge in [-0.25, -0.2) is 9.78 Å². The Hall–Kier alpha value is -2.31. The van der Waals surface area contributed by atoms with E-state index in [1.54, 1.807) is 19.2 Å². The number of nitrogens with one attached hydrogen (secondary N) is 2. The molecule has 1 heterocycles. The van der Waals surface area contributed by atoms with E-state index in [9.17, 15) is 9.59 Å². The molecule has 0 bridgehead atoms. The Morgan fingerprint density at radius 3 is 2.68 bits per heavy atom. The standard InChI is InChI=1S/C15H21N3O4/c1-22-13-4-2-3-12(17-13)9-16-15(21)18-11-7-5-10(6-8-11)14(19)20/h2-4,10-11H,5-9H2,1H3,(H,19,20)(H2,16,18,21). The molecule has 0 saturated heterocycles. The summed E-state index contributed by atoms with van der Waals surface area (Å²) in [7, 11) is 1.54. The van der Waals surface area contributed by atoms with Gasteiger partial charge in [-0.15, -0.1) is 0 Å². The Morgan fingerprint density at radius 1 is 1.32 bits per heavy atom. The molecule has 1 aromatic heterocycles. The van der Waals surface area contributed by atoms with Crippen molar-refractivity contribution in [2.45, 2.75) is 38.3 Å². The van der Waals surface area contributed by atoms with Crippen molar-refractivity contribution >= 4 is 12.0 Å². The molecule has 0 aliphatic heterocycles. The van der Waals surface area contributed by atoms with Gasteiger partial charge in [-0.1, -0.05) is 6.07 Å². The summed E-state index contributed by atoms with van der Waals surface area (Å²) < 4.78 is 5.03. The molecule has 0 atom stereocenters. The highest BCUT2D eigenvalue weighted by Crippen LogP contribution is 2.24. The van der Waals surface area contributed by atoms with E-state index in [4.69, 9.17) is 9.84 Å². The molecule has 2 rings (SSSR count). The molecule has 0 spiro atoms. The normalized spacial score (nSPS) is 21.0. The second-order valence-electron chi connectivity index (χ2n) is 5.39. The first-order valence-electron chi connectivity index (χ1n) is 7.35. The van der Waals surface area contributed by atoms with Crippen LogP contribution < -0.4 is 15.4 Å². The summed E-state index contributed by atoms with van der Waals surface area (Å²) in [4.78, 5) is 26.9. The molecule has 1 aromatic rings. The molecule has 120 valence electrons. The summed E-state index contributed by atoms with van der Waals surface area (Å²) in [5.74, 6) is -0.513. The number of rotatable bonds is 5. The minimum atomic E-state index is -0.744. The molecule has 0 radical (unpaired) electrons. The van der Waals surface area contributed by atoms with Crippen molar-refractivity contribution in [1.29, 1.82) is 0 Å². The Balaban J connectivity index is 1.73. The maximum absolute atomic E-state index is 11.9. The van der Waals surface area contributed by atoms with Crippen LogP contribution in [0, 0.1) is 5.92 Å². The fourth-order valence-corrected chi connectivity index (χ4v) is 2.56. The topological polar surface area (TPSA) is 101 Å². The first-order chi connectivity index (χ1) is 10.6. The number of aliphatic carboxylic acids is 1. The van der Waals surface area contributed by atoms with Gasteiger partial charge in [0.05, 0.1) is 25.3 Å². The molecule has 0 unspecified atom stereocenters. The lowest BCUT2D eigenvalue weighted by Crippen LogP contribution is -2.44. The third-order valence-corrected chi connectivity index (χ3v) is 3.83. The summed E-state index contributed by atoms with van der Waals surface area (Å²) in [5.41, 5.74) is 0.712. The van der Waals surface area contributed by atoms with Gasteiger partial charge in [0.15, 0.2) is 0 Å². The molecule has 2 amide bonds. The lowest BCUT2D eigenvalue weighted by Gasteiger charge is -2.26. The van der Waals surface area contributed by atoms with E-state index >= 15 is 0 Å². The van der Waals surface area contributed by atoms with Gasteiger partial charge in [-0.05, 0) is 31.7 Å². The van der Waals surface area contributed by atoms with E-state index < -0.39 is 5.97 Å². The predicted molar refractivity (Wildman–Crippen MR) is 79.5 cm³/mol. The van der Waals surface area contributed by atoms with Crippen LogP contribution in [0.4, 0.5) is 4.79 Å². The minimum absolute atomic E-state index is 0.0360. The number of amides is 2. The van der Waals surface area contributed by atoms with E-state index in [-0.39, 0.29) is 18.0 Å². The number of carbonyl (C=O) groups excluding carboxylic acids is 1. The third-order valence-electron chi connectivity index (χ3n) is 3.83. The van der Waals surface area contributed by atoms with Gasteiger partial charge in [0.25, 0.3) is 0 Å². The molecule has 22 heavy (non-hydrogen) atoms. The molecular weight excluding hydrogens is 286 g/mol. The fourth-order valence-electron chi connectivity index (χ4n) is 2.56. The van der Waals surface area contributed by atoms with Crippen LogP contribution in [0.3, 0.4) is 0 Å². The molecular formula is C15H21N3O4. The zero-order valence-corrected chi connectivity index (χ0v) is 12.5. The van der Waals surface area contributed by atoms with Crippen LogP contribution >= 0.6 is 0 Å². The van der Waals surface area contributed by atoms with E-state index in [2.05, 4.69) is 15.6 Å². The molecule has 1 saturated carbocycles. The highest BCUT2D eigenvalue weighted by atomic mass is 16.5. The van der Waals surface area contributed by atoms with Crippen LogP contribution in [-0.2, 0) is 11.3 Å². The average Bonchev–Trinajstić information content (AvgIpc) is 2.53. The van der Waals surface area contributed by atoms with E-state index in [0.29, 0.717) is 43.8 Å². The van der Waals surface area contributed by atoms with Crippen molar-refractivity contribution in [2.24, 2.45) is 5.92 Å². The number of hydrogen-bond acceptors (Lipinski definition) is 4. The van der Waals surface area contributed by atoms with Gasteiger partial charge < -0.3 is 20.5 Å².